The smallest absolute Gasteiger partial charge is 0.237 e. The molecule has 496 valence electrons. The average molecular weight is 1190 g/mol. The zero-order chi connectivity index (χ0) is 65.0. The van der Waals surface area contributed by atoms with Crippen LogP contribution in [0, 0.1) is 35.5 Å². The van der Waals surface area contributed by atoms with Crippen LogP contribution in [0.2, 0.25) is 0 Å². The molecule has 4 amide bonds. The van der Waals surface area contributed by atoms with Gasteiger partial charge in [0.05, 0.1) is 36.3 Å². The van der Waals surface area contributed by atoms with Gasteiger partial charge in [0, 0.05) is 35.5 Å². The van der Waals surface area contributed by atoms with Crippen LogP contribution in [0.25, 0.3) is 0 Å². The molecule has 0 rings (SSSR count). The lowest BCUT2D eigenvalue weighted by molar-refractivity contribution is -0.131. The van der Waals surface area contributed by atoms with Crippen molar-refractivity contribution >= 4 is 46.8 Å². The average Bonchev–Trinajstić information content (AvgIpc) is 3.46. The molecule has 0 aliphatic heterocycles. The van der Waals surface area contributed by atoms with E-state index in [2.05, 4.69) is 76.7 Å². The van der Waals surface area contributed by atoms with Crippen LogP contribution >= 0.6 is 0 Å². The number of unbranched alkanes of at least 4 members (excludes halogenated alkanes) is 16. The quantitative estimate of drug-likeness (QED) is 0.0315. The molecule has 0 aromatic heterocycles. The summed E-state index contributed by atoms with van der Waals surface area (Å²) in [5.74, 6) is 0.128. The minimum Gasteiger partial charge on any atom is -0.346 e. The number of amides is 4. The van der Waals surface area contributed by atoms with Gasteiger partial charge < -0.3 is 32.7 Å². The number of rotatable bonds is 48. The second-order valence-corrected chi connectivity index (χ2v) is 25.5. The molecule has 14 heteroatoms. The maximum absolute atomic E-state index is 12.2. The maximum atomic E-state index is 12.2. The molecule has 8 N–H and O–H groups in total. The van der Waals surface area contributed by atoms with Crippen molar-refractivity contribution in [2.75, 3.05) is 0 Å². The molecule has 0 radical (unpaired) electrons. The van der Waals surface area contributed by atoms with Gasteiger partial charge in [0.2, 0.25) is 23.6 Å². The van der Waals surface area contributed by atoms with Gasteiger partial charge in [-0.1, -0.05) is 279 Å². The van der Waals surface area contributed by atoms with Gasteiger partial charge in [-0.25, -0.2) is 0 Å². The van der Waals surface area contributed by atoms with Crippen molar-refractivity contribution in [1.82, 2.24) is 21.3 Å². The van der Waals surface area contributed by atoms with E-state index in [0.717, 1.165) is 167 Å². The molecule has 0 spiro atoms. The first-order valence-electron chi connectivity index (χ1n) is 34.6. The Morgan fingerprint density at radius 2 is 0.417 bits per heavy atom. The molecular weight excluding hydrogens is 1050 g/mol. The first-order valence-corrected chi connectivity index (χ1v) is 34.6. The van der Waals surface area contributed by atoms with E-state index in [4.69, 9.17) is 11.5 Å². The third-order valence-corrected chi connectivity index (χ3v) is 15.6. The molecule has 0 bridgehead atoms. The summed E-state index contributed by atoms with van der Waals surface area (Å²) in [5.41, 5.74) is 11.8. The number of ketones is 4. The third-order valence-electron chi connectivity index (χ3n) is 15.6. The van der Waals surface area contributed by atoms with Crippen LogP contribution in [0.15, 0.2) is 0 Å². The van der Waals surface area contributed by atoms with Gasteiger partial charge in [0.25, 0.3) is 0 Å². The van der Waals surface area contributed by atoms with E-state index in [1.807, 2.05) is 69.2 Å². The van der Waals surface area contributed by atoms with E-state index < -0.39 is 12.1 Å². The first kappa shape index (κ1) is 86.9. The minimum absolute atomic E-state index is 0.00480. The highest BCUT2D eigenvalue weighted by Crippen LogP contribution is 2.17. The Morgan fingerprint density at radius 1 is 0.250 bits per heavy atom. The fourth-order valence-electron chi connectivity index (χ4n) is 9.48. The van der Waals surface area contributed by atoms with Crippen molar-refractivity contribution in [1.29, 1.82) is 0 Å². The zero-order valence-corrected chi connectivity index (χ0v) is 58.0. The van der Waals surface area contributed by atoms with Crippen molar-refractivity contribution in [3.05, 3.63) is 0 Å². The molecule has 0 aliphatic carbocycles. The van der Waals surface area contributed by atoms with Gasteiger partial charge in [-0.05, 0) is 51.4 Å². The summed E-state index contributed by atoms with van der Waals surface area (Å²) in [4.78, 5) is 97.6. The summed E-state index contributed by atoms with van der Waals surface area (Å²) in [6.45, 7) is 36.2. The topological polar surface area (TPSA) is 237 Å². The molecule has 0 aromatic carbocycles. The molecule has 8 unspecified atom stereocenters. The second kappa shape index (κ2) is 57.2. The van der Waals surface area contributed by atoms with E-state index in [1.54, 1.807) is 0 Å². The summed E-state index contributed by atoms with van der Waals surface area (Å²) < 4.78 is 0. The van der Waals surface area contributed by atoms with Crippen LogP contribution in [-0.2, 0) is 38.4 Å². The summed E-state index contributed by atoms with van der Waals surface area (Å²) in [6, 6.07) is -2.33. The predicted octanol–water partition coefficient (Wildman–Crippen LogP) is 15.4. The lowest BCUT2D eigenvalue weighted by Gasteiger charge is -2.21. The number of carbonyl (C=O) groups excluding carboxylic acids is 8. The summed E-state index contributed by atoms with van der Waals surface area (Å²) >= 11 is 0. The molecule has 0 saturated carbocycles. The van der Waals surface area contributed by atoms with Crippen molar-refractivity contribution in [2.45, 2.75) is 366 Å². The van der Waals surface area contributed by atoms with Gasteiger partial charge in [-0.2, -0.15) is 0 Å². The number of hydrogen-bond acceptors (Lipinski definition) is 10. The van der Waals surface area contributed by atoms with Crippen LogP contribution in [-0.4, -0.2) is 83.0 Å². The van der Waals surface area contributed by atoms with Crippen molar-refractivity contribution in [2.24, 2.45) is 47.0 Å². The van der Waals surface area contributed by atoms with Crippen molar-refractivity contribution < 1.29 is 38.4 Å². The Balaban J connectivity index is -0.000000508. The Morgan fingerprint density at radius 3 is 0.595 bits per heavy atom. The number of carbonyl (C=O) groups is 8. The molecule has 0 saturated heterocycles. The van der Waals surface area contributed by atoms with Crippen molar-refractivity contribution in [3.63, 3.8) is 0 Å². The Labute approximate surface area is 517 Å². The lowest BCUT2D eigenvalue weighted by atomic mass is 9.95. The molecule has 8 atom stereocenters. The van der Waals surface area contributed by atoms with Gasteiger partial charge in [-0.3, -0.25) is 38.4 Å². The molecule has 0 fully saturated rings. The molecule has 0 heterocycles. The molecule has 84 heavy (non-hydrogen) atoms. The number of nitrogens with one attached hydrogen (secondary N) is 4. The summed E-state index contributed by atoms with van der Waals surface area (Å²) in [7, 11) is 0. The van der Waals surface area contributed by atoms with Crippen LogP contribution in [0.5, 0.6) is 0 Å². The van der Waals surface area contributed by atoms with E-state index in [0.29, 0.717) is 12.8 Å². The van der Waals surface area contributed by atoms with E-state index in [-0.39, 0.29) is 106 Å². The summed E-state index contributed by atoms with van der Waals surface area (Å²) in [6.07, 6.45) is 32.2. The standard InChI is InChI=1S/2C18H35NO2.2C17H34N2O2/c2*1-6-8-10-12-15(5)18(21)19-16(13-11-9-7-2)17(20)14(3)4;2*1-5-7-9-11-14(18)17(21)19-15(12-10-8-6-2)16(20)13(3)4/h2*14-16H,6-13H2,1-5H3,(H,19,21);2*13-15H,5-12,18H2,1-4H3,(H,19,21). The second-order valence-electron chi connectivity index (χ2n) is 25.5. The van der Waals surface area contributed by atoms with Gasteiger partial charge in [-0.15, -0.1) is 0 Å². The van der Waals surface area contributed by atoms with Crippen LogP contribution in [0.3, 0.4) is 0 Å². The molecular formula is C70H138N6O8. The fourth-order valence-corrected chi connectivity index (χ4v) is 9.48. The Kier molecular flexibility index (Phi) is 59.2. The highest BCUT2D eigenvalue weighted by atomic mass is 16.2. The maximum Gasteiger partial charge on any atom is 0.237 e. The fraction of sp³-hybridized carbons (Fsp3) is 0.886. The Bertz CT molecular complexity index is 1450. The minimum atomic E-state index is -0.495. The van der Waals surface area contributed by atoms with Crippen molar-refractivity contribution in [3.8, 4) is 0 Å². The number of hydrogen-bond donors (Lipinski definition) is 6. The molecule has 14 nitrogen and oxygen atoms in total. The molecule has 0 aromatic rings. The monoisotopic (exact) mass is 1190 g/mol. The normalized spacial score (nSPS) is 14.0. The number of nitrogens with two attached hydrogens (primary N) is 2. The van der Waals surface area contributed by atoms with Gasteiger partial charge in [0.1, 0.15) is 0 Å². The highest BCUT2D eigenvalue weighted by Gasteiger charge is 2.28. The first-order chi connectivity index (χ1) is 39.7. The van der Waals surface area contributed by atoms with E-state index >= 15 is 0 Å². The molecule has 0 aliphatic rings. The van der Waals surface area contributed by atoms with Gasteiger partial charge >= 0.3 is 0 Å². The van der Waals surface area contributed by atoms with Crippen LogP contribution < -0.4 is 32.7 Å². The van der Waals surface area contributed by atoms with Gasteiger partial charge in [0.15, 0.2) is 23.1 Å². The van der Waals surface area contributed by atoms with E-state index in [1.165, 1.54) is 25.7 Å². The Hall–Kier alpha value is -3.52. The largest absolute Gasteiger partial charge is 0.346 e. The SMILES string of the molecule is CCCCCC(C)C(=O)NC(CCCCC)C(=O)C(C)C.CCCCCC(C)C(=O)NC(CCCCC)C(=O)C(C)C.CCCCCC(N)C(=O)NC(CCCCC)C(=O)C(C)C.CCCCCC(N)C(=O)NC(CCCCC)C(=O)C(C)C. The lowest BCUT2D eigenvalue weighted by Crippen LogP contribution is -2.49. The highest BCUT2D eigenvalue weighted by molar-refractivity contribution is 5.93. The van der Waals surface area contributed by atoms with Crippen LogP contribution in [0.1, 0.15) is 330 Å². The zero-order valence-electron chi connectivity index (χ0n) is 58.0. The predicted molar refractivity (Wildman–Crippen MR) is 355 cm³/mol. The third kappa shape index (κ3) is 46.7. The number of Topliss-reactive ketones (excluding diaryl/α,β-unsaturated/α-hetero) is 4. The van der Waals surface area contributed by atoms with E-state index in [9.17, 15) is 38.4 Å². The summed E-state index contributed by atoms with van der Waals surface area (Å²) in [5, 5.41) is 11.7. The van der Waals surface area contributed by atoms with Crippen LogP contribution in [0.4, 0.5) is 0 Å².